The molecule has 3 rings (SSSR count). The molecule has 0 unspecified atom stereocenters. The SMILES string of the molecule is Cc1ccc2nc(CC(=O)CNC(=O)[C@@H]3CCN3)sc2c1. The van der Waals surface area contributed by atoms with Crippen LogP contribution in [-0.2, 0) is 16.0 Å². The van der Waals surface area contributed by atoms with Crippen molar-refractivity contribution in [2.24, 2.45) is 0 Å². The van der Waals surface area contributed by atoms with E-state index in [1.165, 1.54) is 16.9 Å². The van der Waals surface area contributed by atoms with Crippen LogP contribution >= 0.6 is 11.3 Å². The zero-order valence-corrected chi connectivity index (χ0v) is 12.6. The quantitative estimate of drug-likeness (QED) is 0.870. The first-order valence-corrected chi connectivity index (χ1v) is 7.82. The predicted molar refractivity (Wildman–Crippen MR) is 82.5 cm³/mol. The van der Waals surface area contributed by atoms with Crippen LogP contribution < -0.4 is 10.6 Å². The van der Waals surface area contributed by atoms with Crippen LogP contribution in [0.5, 0.6) is 0 Å². The molecule has 0 saturated carbocycles. The van der Waals surface area contributed by atoms with Gasteiger partial charge in [-0.25, -0.2) is 4.98 Å². The van der Waals surface area contributed by atoms with Gasteiger partial charge in [0.15, 0.2) is 5.78 Å². The van der Waals surface area contributed by atoms with Gasteiger partial charge in [0.2, 0.25) is 5.91 Å². The van der Waals surface area contributed by atoms with Gasteiger partial charge in [0.05, 0.1) is 29.2 Å². The predicted octanol–water partition coefficient (Wildman–Crippen LogP) is 1.19. The van der Waals surface area contributed by atoms with Gasteiger partial charge in [-0.3, -0.25) is 9.59 Å². The Morgan fingerprint density at radius 3 is 3.00 bits per heavy atom. The smallest absolute Gasteiger partial charge is 0.237 e. The van der Waals surface area contributed by atoms with E-state index in [1.807, 2.05) is 19.1 Å². The molecular formula is C15H17N3O2S. The summed E-state index contributed by atoms with van der Waals surface area (Å²) in [5.41, 5.74) is 2.11. The van der Waals surface area contributed by atoms with E-state index < -0.39 is 0 Å². The van der Waals surface area contributed by atoms with Gasteiger partial charge in [0.25, 0.3) is 0 Å². The maximum Gasteiger partial charge on any atom is 0.237 e. The van der Waals surface area contributed by atoms with Gasteiger partial charge in [0.1, 0.15) is 5.01 Å². The largest absolute Gasteiger partial charge is 0.348 e. The lowest BCUT2D eigenvalue weighted by atomic mass is 10.1. The number of nitrogens with zero attached hydrogens (tertiary/aromatic N) is 1. The highest BCUT2D eigenvalue weighted by Gasteiger charge is 2.24. The fraction of sp³-hybridized carbons (Fsp3) is 0.400. The number of amides is 1. The van der Waals surface area contributed by atoms with Gasteiger partial charge in [-0.05, 0) is 37.6 Å². The zero-order chi connectivity index (χ0) is 14.8. The highest BCUT2D eigenvalue weighted by atomic mass is 32.1. The van der Waals surface area contributed by atoms with E-state index >= 15 is 0 Å². The van der Waals surface area contributed by atoms with Gasteiger partial charge in [-0.15, -0.1) is 11.3 Å². The first-order chi connectivity index (χ1) is 10.1. The summed E-state index contributed by atoms with van der Waals surface area (Å²) < 4.78 is 1.10. The van der Waals surface area contributed by atoms with Crippen LogP contribution in [0.1, 0.15) is 17.0 Å². The summed E-state index contributed by atoms with van der Waals surface area (Å²) in [6, 6.07) is 5.94. The molecule has 1 fully saturated rings. The van der Waals surface area contributed by atoms with E-state index in [4.69, 9.17) is 0 Å². The summed E-state index contributed by atoms with van der Waals surface area (Å²) in [4.78, 5) is 28.0. The molecule has 2 N–H and O–H groups in total. The van der Waals surface area contributed by atoms with E-state index in [9.17, 15) is 9.59 Å². The van der Waals surface area contributed by atoms with E-state index in [2.05, 4.69) is 21.7 Å². The Labute approximate surface area is 126 Å². The second kappa shape index (κ2) is 5.91. The van der Waals surface area contributed by atoms with Crippen molar-refractivity contribution in [2.75, 3.05) is 13.1 Å². The standard InChI is InChI=1S/C15H17N3O2S/c1-9-2-3-11-13(6-9)21-14(18-11)7-10(19)8-17-15(20)12-4-5-16-12/h2-3,6,12,16H,4-5,7-8H2,1H3,(H,17,20)/t12-/m0/s1. The van der Waals surface area contributed by atoms with Gasteiger partial charge in [-0.2, -0.15) is 0 Å². The molecule has 110 valence electrons. The summed E-state index contributed by atoms with van der Waals surface area (Å²) in [5.74, 6) is -0.104. The lowest BCUT2D eigenvalue weighted by Crippen LogP contribution is -2.53. The molecule has 6 heteroatoms. The number of nitrogens with one attached hydrogen (secondary N) is 2. The second-order valence-electron chi connectivity index (χ2n) is 5.31. The van der Waals surface area contributed by atoms with Crippen LogP contribution in [0.4, 0.5) is 0 Å². The summed E-state index contributed by atoms with van der Waals surface area (Å²) in [6.45, 7) is 2.98. The van der Waals surface area contributed by atoms with Crippen molar-refractivity contribution < 1.29 is 9.59 Å². The van der Waals surface area contributed by atoms with E-state index in [0.29, 0.717) is 0 Å². The lowest BCUT2D eigenvalue weighted by molar-refractivity contribution is -0.127. The average molecular weight is 303 g/mol. The van der Waals surface area contributed by atoms with E-state index in [0.717, 1.165) is 28.2 Å². The molecule has 1 aliphatic rings. The fourth-order valence-corrected chi connectivity index (χ4v) is 3.30. The lowest BCUT2D eigenvalue weighted by Gasteiger charge is -2.25. The normalized spacial score (nSPS) is 17.5. The Hall–Kier alpha value is -1.79. The molecule has 0 bridgehead atoms. The molecular weight excluding hydrogens is 286 g/mol. The zero-order valence-electron chi connectivity index (χ0n) is 11.8. The maximum atomic E-state index is 11.9. The number of ketones is 1. The van der Waals surface area contributed by atoms with Crippen molar-refractivity contribution in [1.29, 1.82) is 0 Å². The minimum absolute atomic E-state index is 0.0153. The van der Waals surface area contributed by atoms with E-state index in [1.54, 1.807) is 0 Å². The molecule has 2 heterocycles. The number of carbonyl (C=O) groups excluding carboxylic acids is 2. The third-order valence-corrected chi connectivity index (χ3v) is 4.55. The number of hydrogen-bond donors (Lipinski definition) is 2. The van der Waals surface area contributed by atoms with E-state index in [-0.39, 0.29) is 30.7 Å². The third kappa shape index (κ3) is 3.28. The van der Waals surface area contributed by atoms with Crippen molar-refractivity contribution in [3.05, 3.63) is 28.8 Å². The Morgan fingerprint density at radius 1 is 1.48 bits per heavy atom. The van der Waals surface area contributed by atoms with Gasteiger partial charge in [0, 0.05) is 0 Å². The molecule has 21 heavy (non-hydrogen) atoms. The summed E-state index contributed by atoms with van der Waals surface area (Å²) in [7, 11) is 0. The number of rotatable bonds is 5. The van der Waals surface area contributed by atoms with Crippen LogP contribution in [0, 0.1) is 6.92 Å². The number of hydrogen-bond acceptors (Lipinski definition) is 5. The molecule has 0 radical (unpaired) electrons. The van der Waals surface area contributed by atoms with Crippen LogP contribution in [-0.4, -0.2) is 35.8 Å². The highest BCUT2D eigenvalue weighted by Crippen LogP contribution is 2.23. The number of thiazole rings is 1. The first kappa shape index (κ1) is 14.2. The van der Waals surface area contributed by atoms with Gasteiger partial charge >= 0.3 is 0 Å². The van der Waals surface area contributed by atoms with Crippen LogP contribution in [0.2, 0.25) is 0 Å². The molecule has 1 saturated heterocycles. The minimum atomic E-state index is -0.122. The Balaban J connectivity index is 1.56. The van der Waals surface area contributed by atoms with Crippen molar-refractivity contribution in [2.45, 2.75) is 25.8 Å². The molecule has 0 spiro atoms. The van der Waals surface area contributed by atoms with Gasteiger partial charge < -0.3 is 10.6 Å². The number of fused-ring (bicyclic) bond motifs is 1. The Bertz CT molecular complexity index is 691. The monoisotopic (exact) mass is 303 g/mol. The number of benzene rings is 1. The second-order valence-corrected chi connectivity index (χ2v) is 6.42. The van der Waals surface area contributed by atoms with Crippen molar-refractivity contribution >= 4 is 33.2 Å². The van der Waals surface area contributed by atoms with Crippen molar-refractivity contribution in [1.82, 2.24) is 15.6 Å². The number of aryl methyl sites for hydroxylation is 1. The summed E-state index contributed by atoms with van der Waals surface area (Å²) in [5, 5.41) is 6.48. The average Bonchev–Trinajstić information content (AvgIpc) is 2.75. The molecule has 0 aliphatic carbocycles. The maximum absolute atomic E-state index is 11.9. The molecule has 1 aromatic heterocycles. The molecule has 5 nitrogen and oxygen atoms in total. The third-order valence-electron chi connectivity index (χ3n) is 3.54. The fourth-order valence-electron chi connectivity index (χ4n) is 2.21. The van der Waals surface area contributed by atoms with Crippen molar-refractivity contribution in [3.8, 4) is 0 Å². The Morgan fingerprint density at radius 2 is 2.29 bits per heavy atom. The summed E-state index contributed by atoms with van der Waals surface area (Å²) >= 11 is 1.54. The highest BCUT2D eigenvalue weighted by molar-refractivity contribution is 7.18. The molecule has 1 aromatic carbocycles. The minimum Gasteiger partial charge on any atom is -0.348 e. The van der Waals surface area contributed by atoms with Gasteiger partial charge in [-0.1, -0.05) is 6.07 Å². The molecule has 1 amide bonds. The van der Waals surface area contributed by atoms with Crippen LogP contribution in [0.25, 0.3) is 10.2 Å². The van der Waals surface area contributed by atoms with Crippen LogP contribution in [0.15, 0.2) is 18.2 Å². The first-order valence-electron chi connectivity index (χ1n) is 7.01. The van der Waals surface area contributed by atoms with Crippen LogP contribution in [0.3, 0.4) is 0 Å². The number of Topliss-reactive ketones (excluding diaryl/α,β-unsaturated/α-hetero) is 1. The molecule has 1 aliphatic heterocycles. The Kier molecular flexibility index (Phi) is 3.98. The number of carbonyl (C=O) groups is 2. The topological polar surface area (TPSA) is 71.1 Å². The number of aromatic nitrogens is 1. The van der Waals surface area contributed by atoms with Crippen molar-refractivity contribution in [3.63, 3.8) is 0 Å². The summed E-state index contributed by atoms with van der Waals surface area (Å²) in [6.07, 6.45) is 1.12. The molecule has 2 aromatic rings. The molecule has 1 atom stereocenters.